The molecule has 1 aliphatic carbocycles. The average molecular weight is 396 g/mol. The lowest BCUT2D eigenvalue weighted by molar-refractivity contribution is -0.118. The van der Waals surface area contributed by atoms with Crippen LogP contribution in [0.15, 0.2) is 34.9 Å². The molecule has 0 aliphatic heterocycles. The summed E-state index contributed by atoms with van der Waals surface area (Å²) in [7, 11) is 0. The van der Waals surface area contributed by atoms with Crippen LogP contribution in [0.5, 0.6) is 5.75 Å². The molecule has 0 saturated heterocycles. The number of hydrogen-bond donors (Lipinski definition) is 1. The minimum absolute atomic E-state index is 0.0501. The molecule has 0 unspecified atom stereocenters. The highest BCUT2D eigenvalue weighted by Crippen LogP contribution is 2.29. The van der Waals surface area contributed by atoms with Crippen molar-refractivity contribution in [3.8, 4) is 5.75 Å². The standard InChI is InChI=1S/C17H19BrFN3O2/c18-12-6-7-15(14(19)10-12)24-11-17(23)21-16-8-9-20-22(16)13-4-2-1-3-5-13/h6-10,13H,1-5,11H2,(H,21,23). The zero-order valence-electron chi connectivity index (χ0n) is 13.2. The largest absolute Gasteiger partial charge is 0.481 e. The first kappa shape index (κ1) is 17.0. The Morgan fingerprint density at radius 2 is 2.12 bits per heavy atom. The number of aromatic nitrogens is 2. The molecule has 0 atom stereocenters. The topological polar surface area (TPSA) is 56.1 Å². The third-order valence-corrected chi connectivity index (χ3v) is 4.60. The van der Waals surface area contributed by atoms with Crippen LogP contribution in [0, 0.1) is 5.82 Å². The number of carbonyl (C=O) groups is 1. The van der Waals surface area contributed by atoms with Crippen molar-refractivity contribution in [1.29, 1.82) is 0 Å². The van der Waals surface area contributed by atoms with Gasteiger partial charge in [-0.3, -0.25) is 4.79 Å². The maximum absolute atomic E-state index is 13.7. The smallest absolute Gasteiger partial charge is 0.263 e. The average Bonchev–Trinajstić information content (AvgIpc) is 3.03. The predicted molar refractivity (Wildman–Crippen MR) is 92.6 cm³/mol. The number of hydrogen-bond acceptors (Lipinski definition) is 3. The quantitative estimate of drug-likeness (QED) is 0.820. The summed E-state index contributed by atoms with van der Waals surface area (Å²) in [5.41, 5.74) is 0. The van der Waals surface area contributed by atoms with Crippen molar-refractivity contribution in [2.75, 3.05) is 11.9 Å². The molecule has 128 valence electrons. The van der Waals surface area contributed by atoms with Crippen LogP contribution in [-0.4, -0.2) is 22.3 Å². The van der Waals surface area contributed by atoms with Crippen molar-refractivity contribution in [2.45, 2.75) is 38.1 Å². The third-order valence-electron chi connectivity index (χ3n) is 4.11. The van der Waals surface area contributed by atoms with E-state index in [1.54, 1.807) is 18.3 Å². The molecule has 1 aromatic heterocycles. The van der Waals surface area contributed by atoms with Gasteiger partial charge in [-0.15, -0.1) is 0 Å². The second-order valence-corrected chi connectivity index (χ2v) is 6.78. The Labute approximate surface area is 148 Å². The Morgan fingerprint density at radius 1 is 1.33 bits per heavy atom. The van der Waals surface area contributed by atoms with Gasteiger partial charge in [0.25, 0.3) is 5.91 Å². The molecule has 7 heteroatoms. The summed E-state index contributed by atoms with van der Waals surface area (Å²) in [5, 5.41) is 7.12. The fraction of sp³-hybridized carbons (Fsp3) is 0.412. The van der Waals surface area contributed by atoms with E-state index in [0.717, 1.165) is 12.8 Å². The maximum Gasteiger partial charge on any atom is 0.263 e. The van der Waals surface area contributed by atoms with Crippen molar-refractivity contribution in [2.24, 2.45) is 0 Å². The van der Waals surface area contributed by atoms with Crippen molar-refractivity contribution in [3.63, 3.8) is 0 Å². The number of amides is 1. The molecule has 1 fully saturated rings. The van der Waals surface area contributed by atoms with Gasteiger partial charge in [0.2, 0.25) is 0 Å². The van der Waals surface area contributed by atoms with Crippen LogP contribution < -0.4 is 10.1 Å². The molecule has 0 spiro atoms. The first-order valence-electron chi connectivity index (χ1n) is 8.04. The van der Waals surface area contributed by atoms with Crippen molar-refractivity contribution >= 4 is 27.7 Å². The van der Waals surface area contributed by atoms with Crippen LogP contribution in [0.4, 0.5) is 10.2 Å². The van der Waals surface area contributed by atoms with Gasteiger partial charge in [0.15, 0.2) is 18.2 Å². The zero-order chi connectivity index (χ0) is 16.9. The molecule has 1 N–H and O–H groups in total. The monoisotopic (exact) mass is 395 g/mol. The van der Waals surface area contributed by atoms with E-state index in [2.05, 4.69) is 26.3 Å². The Bertz CT molecular complexity index is 714. The summed E-state index contributed by atoms with van der Waals surface area (Å²) in [6, 6.07) is 6.54. The zero-order valence-corrected chi connectivity index (χ0v) is 14.8. The SMILES string of the molecule is O=C(COc1ccc(Br)cc1F)Nc1ccnn1C1CCCCC1. The molecule has 0 radical (unpaired) electrons. The minimum atomic E-state index is -0.510. The Kier molecular flexibility index (Phi) is 5.50. The van der Waals surface area contributed by atoms with Gasteiger partial charge in [0, 0.05) is 10.5 Å². The molecule has 1 aliphatic rings. The van der Waals surface area contributed by atoms with Crippen LogP contribution in [-0.2, 0) is 4.79 Å². The van der Waals surface area contributed by atoms with Gasteiger partial charge in [-0.05, 0) is 31.0 Å². The van der Waals surface area contributed by atoms with E-state index in [9.17, 15) is 9.18 Å². The van der Waals surface area contributed by atoms with E-state index in [-0.39, 0.29) is 18.3 Å². The first-order valence-corrected chi connectivity index (χ1v) is 8.84. The van der Waals surface area contributed by atoms with Crippen molar-refractivity contribution in [3.05, 3.63) is 40.8 Å². The normalized spacial score (nSPS) is 15.2. The number of halogens is 2. The Hall–Kier alpha value is -1.89. The van der Waals surface area contributed by atoms with E-state index in [1.807, 2.05) is 4.68 Å². The number of ether oxygens (including phenoxy) is 1. The number of anilines is 1. The molecule has 5 nitrogen and oxygen atoms in total. The van der Waals surface area contributed by atoms with Crippen LogP contribution >= 0.6 is 15.9 Å². The minimum Gasteiger partial charge on any atom is -0.481 e. The summed E-state index contributed by atoms with van der Waals surface area (Å²) < 4.78 is 21.4. The van der Waals surface area contributed by atoms with Gasteiger partial charge in [-0.2, -0.15) is 5.10 Å². The van der Waals surface area contributed by atoms with Gasteiger partial charge in [-0.25, -0.2) is 9.07 Å². The summed E-state index contributed by atoms with van der Waals surface area (Å²) in [6.07, 6.45) is 7.45. The molecular weight excluding hydrogens is 377 g/mol. The van der Waals surface area contributed by atoms with Crippen molar-refractivity contribution in [1.82, 2.24) is 9.78 Å². The highest BCUT2D eigenvalue weighted by Gasteiger charge is 2.19. The van der Waals surface area contributed by atoms with E-state index in [1.165, 1.54) is 31.4 Å². The molecule has 0 bridgehead atoms. The first-order chi connectivity index (χ1) is 11.6. The Morgan fingerprint density at radius 3 is 2.88 bits per heavy atom. The molecule has 1 amide bonds. The maximum atomic E-state index is 13.7. The van der Waals surface area contributed by atoms with E-state index >= 15 is 0 Å². The van der Waals surface area contributed by atoms with Gasteiger partial charge in [-0.1, -0.05) is 35.2 Å². The number of rotatable bonds is 5. The summed E-state index contributed by atoms with van der Waals surface area (Å²) in [4.78, 5) is 12.1. The highest BCUT2D eigenvalue weighted by molar-refractivity contribution is 9.10. The lowest BCUT2D eigenvalue weighted by Gasteiger charge is -2.23. The number of nitrogens with one attached hydrogen (secondary N) is 1. The predicted octanol–water partition coefficient (Wildman–Crippen LogP) is 4.31. The molecule has 1 aromatic carbocycles. The van der Waals surface area contributed by atoms with Crippen LogP contribution in [0.3, 0.4) is 0 Å². The molecule has 2 aromatic rings. The van der Waals surface area contributed by atoms with Crippen LogP contribution in [0.2, 0.25) is 0 Å². The summed E-state index contributed by atoms with van der Waals surface area (Å²) >= 11 is 3.18. The van der Waals surface area contributed by atoms with Crippen LogP contribution in [0.25, 0.3) is 0 Å². The fourth-order valence-electron chi connectivity index (χ4n) is 2.94. The van der Waals surface area contributed by atoms with Gasteiger partial charge >= 0.3 is 0 Å². The van der Waals surface area contributed by atoms with Gasteiger partial charge in [0.05, 0.1) is 12.2 Å². The lowest BCUT2D eigenvalue weighted by Crippen LogP contribution is -2.24. The van der Waals surface area contributed by atoms with E-state index in [4.69, 9.17) is 4.74 Å². The second-order valence-electron chi connectivity index (χ2n) is 5.86. The number of benzene rings is 1. The molecule has 1 saturated carbocycles. The Balaban J connectivity index is 1.58. The molecule has 24 heavy (non-hydrogen) atoms. The number of carbonyl (C=O) groups excluding carboxylic acids is 1. The second kappa shape index (κ2) is 7.79. The fourth-order valence-corrected chi connectivity index (χ4v) is 3.28. The van der Waals surface area contributed by atoms with Crippen LogP contribution in [0.1, 0.15) is 38.1 Å². The summed E-state index contributed by atoms with van der Waals surface area (Å²) in [5.74, 6) is -0.139. The third kappa shape index (κ3) is 4.14. The van der Waals surface area contributed by atoms with E-state index in [0.29, 0.717) is 16.3 Å². The highest BCUT2D eigenvalue weighted by atomic mass is 79.9. The summed E-state index contributed by atoms with van der Waals surface area (Å²) in [6.45, 7) is -0.256. The molecule has 3 rings (SSSR count). The van der Waals surface area contributed by atoms with Gasteiger partial charge < -0.3 is 10.1 Å². The molecular formula is C17H19BrFN3O2. The lowest BCUT2D eigenvalue weighted by atomic mass is 9.96. The van der Waals surface area contributed by atoms with Gasteiger partial charge in [0.1, 0.15) is 5.82 Å². The number of nitrogens with zero attached hydrogens (tertiary/aromatic N) is 2. The van der Waals surface area contributed by atoms with E-state index < -0.39 is 5.82 Å². The van der Waals surface area contributed by atoms with Crippen molar-refractivity contribution < 1.29 is 13.9 Å². The molecule has 1 heterocycles.